The average Bonchev–Trinajstić information content (AvgIpc) is 2.38. The lowest BCUT2D eigenvalue weighted by atomic mass is 9.57. The number of hydrogen-bond acceptors (Lipinski definition) is 3. The SMILES string of the molecule is CC1=CC(=O)[C@H]2[C@@H](C)C=C[C@@H](O[Si](C)(C)C(C)(C)C)[C@@]2(C)C1=O. The van der Waals surface area contributed by atoms with Crippen molar-refractivity contribution in [3.63, 3.8) is 0 Å². The monoisotopic (exact) mass is 334 g/mol. The summed E-state index contributed by atoms with van der Waals surface area (Å²) in [6.45, 7) is 16.6. The van der Waals surface area contributed by atoms with Crippen molar-refractivity contribution in [3.8, 4) is 0 Å². The van der Waals surface area contributed by atoms with Crippen LogP contribution in [0.5, 0.6) is 0 Å². The van der Waals surface area contributed by atoms with Gasteiger partial charge in [0.2, 0.25) is 0 Å². The van der Waals surface area contributed by atoms with Crippen molar-refractivity contribution in [3.05, 3.63) is 23.8 Å². The number of allylic oxidation sites excluding steroid dienone is 3. The predicted molar refractivity (Wildman–Crippen MR) is 95.7 cm³/mol. The van der Waals surface area contributed by atoms with Crippen LogP contribution in [0.4, 0.5) is 0 Å². The second kappa shape index (κ2) is 5.52. The van der Waals surface area contributed by atoms with Crippen LogP contribution in [-0.4, -0.2) is 26.0 Å². The molecular weight excluding hydrogens is 304 g/mol. The van der Waals surface area contributed by atoms with E-state index in [1.165, 1.54) is 6.08 Å². The number of carbonyl (C=O) groups excluding carboxylic acids is 2. The minimum Gasteiger partial charge on any atom is -0.410 e. The van der Waals surface area contributed by atoms with Gasteiger partial charge >= 0.3 is 0 Å². The number of Topliss-reactive ketones (excluding diaryl/α,β-unsaturated/α-hetero) is 1. The summed E-state index contributed by atoms with van der Waals surface area (Å²) in [5.74, 6) is -0.147. The zero-order valence-electron chi connectivity index (χ0n) is 15.7. The Labute approximate surface area is 141 Å². The van der Waals surface area contributed by atoms with E-state index in [2.05, 4.69) is 33.9 Å². The number of ketones is 2. The highest BCUT2D eigenvalue weighted by molar-refractivity contribution is 6.74. The molecule has 0 fully saturated rings. The van der Waals surface area contributed by atoms with Crippen molar-refractivity contribution >= 4 is 19.9 Å². The number of fused-ring (bicyclic) bond motifs is 1. The van der Waals surface area contributed by atoms with Crippen molar-refractivity contribution in [1.29, 1.82) is 0 Å². The predicted octanol–water partition coefficient (Wildman–Crippen LogP) is 4.30. The normalized spacial score (nSPS) is 35.1. The summed E-state index contributed by atoms with van der Waals surface area (Å²) in [4.78, 5) is 25.6. The van der Waals surface area contributed by atoms with E-state index < -0.39 is 13.7 Å². The zero-order valence-corrected chi connectivity index (χ0v) is 16.7. The van der Waals surface area contributed by atoms with Crippen LogP contribution in [0.3, 0.4) is 0 Å². The Morgan fingerprint density at radius 1 is 1.17 bits per heavy atom. The first-order valence-corrected chi connectivity index (χ1v) is 11.4. The van der Waals surface area contributed by atoms with Crippen molar-refractivity contribution in [2.45, 2.75) is 65.8 Å². The molecule has 0 aromatic rings. The summed E-state index contributed by atoms with van der Waals surface area (Å²) in [5.41, 5.74) is -0.236. The van der Waals surface area contributed by atoms with Gasteiger partial charge in [-0.25, -0.2) is 0 Å². The molecule has 4 heteroatoms. The third-order valence-electron chi connectivity index (χ3n) is 6.09. The topological polar surface area (TPSA) is 43.4 Å². The summed E-state index contributed by atoms with van der Waals surface area (Å²) < 4.78 is 6.58. The lowest BCUT2D eigenvalue weighted by Gasteiger charge is -2.50. The first-order valence-electron chi connectivity index (χ1n) is 8.45. The summed E-state index contributed by atoms with van der Waals surface area (Å²) >= 11 is 0. The molecule has 0 radical (unpaired) electrons. The highest BCUT2D eigenvalue weighted by atomic mass is 28.4. The molecule has 2 rings (SSSR count). The van der Waals surface area contributed by atoms with Crippen LogP contribution in [0, 0.1) is 17.3 Å². The number of carbonyl (C=O) groups is 2. The van der Waals surface area contributed by atoms with E-state index in [0.29, 0.717) is 5.57 Å². The Balaban J connectivity index is 2.49. The van der Waals surface area contributed by atoms with Gasteiger partial charge < -0.3 is 4.43 Å². The maximum absolute atomic E-state index is 13.0. The zero-order chi connectivity index (χ0) is 17.8. The van der Waals surface area contributed by atoms with E-state index in [1.807, 2.05) is 26.0 Å². The van der Waals surface area contributed by atoms with Gasteiger partial charge in [-0.15, -0.1) is 0 Å². The maximum Gasteiger partial charge on any atom is 0.192 e. The second-order valence-electron chi connectivity index (χ2n) is 8.86. The molecule has 0 saturated carbocycles. The molecule has 128 valence electrons. The van der Waals surface area contributed by atoms with Gasteiger partial charge in [-0.1, -0.05) is 39.8 Å². The largest absolute Gasteiger partial charge is 0.410 e. The highest BCUT2D eigenvalue weighted by Crippen LogP contribution is 2.50. The molecule has 0 aromatic carbocycles. The minimum atomic E-state index is -2.05. The molecule has 0 heterocycles. The number of hydrogen-bond donors (Lipinski definition) is 0. The molecule has 3 nitrogen and oxygen atoms in total. The van der Waals surface area contributed by atoms with Crippen LogP contribution in [0.15, 0.2) is 23.8 Å². The van der Waals surface area contributed by atoms with Crippen molar-refractivity contribution < 1.29 is 14.0 Å². The van der Waals surface area contributed by atoms with E-state index in [-0.39, 0.29) is 34.5 Å². The van der Waals surface area contributed by atoms with E-state index >= 15 is 0 Å². The first kappa shape index (κ1) is 18.3. The van der Waals surface area contributed by atoms with Gasteiger partial charge in [-0.2, -0.15) is 0 Å². The Morgan fingerprint density at radius 3 is 2.26 bits per heavy atom. The average molecular weight is 335 g/mol. The van der Waals surface area contributed by atoms with Gasteiger partial charge in [0.15, 0.2) is 19.9 Å². The van der Waals surface area contributed by atoms with Crippen LogP contribution in [0.2, 0.25) is 18.1 Å². The van der Waals surface area contributed by atoms with Gasteiger partial charge in [-0.05, 0) is 49.5 Å². The van der Waals surface area contributed by atoms with E-state index in [1.54, 1.807) is 6.92 Å². The summed E-state index contributed by atoms with van der Waals surface area (Å²) in [6, 6.07) is 0. The Hall–Kier alpha value is -1.00. The lowest BCUT2D eigenvalue weighted by Crippen LogP contribution is -2.58. The quantitative estimate of drug-likeness (QED) is 0.558. The Kier molecular flexibility index (Phi) is 4.40. The van der Waals surface area contributed by atoms with Crippen LogP contribution in [0.1, 0.15) is 41.5 Å². The fraction of sp³-hybridized carbons (Fsp3) is 0.684. The van der Waals surface area contributed by atoms with E-state index in [4.69, 9.17) is 4.43 Å². The third kappa shape index (κ3) is 2.80. The van der Waals surface area contributed by atoms with E-state index in [0.717, 1.165) is 0 Å². The number of rotatable bonds is 2. The first-order chi connectivity index (χ1) is 10.3. The highest BCUT2D eigenvalue weighted by Gasteiger charge is 2.57. The Bertz CT molecular complexity index is 594. The van der Waals surface area contributed by atoms with Gasteiger partial charge in [0, 0.05) is 5.92 Å². The summed E-state index contributed by atoms with van der Waals surface area (Å²) in [5, 5.41) is 0.0579. The van der Waals surface area contributed by atoms with Gasteiger partial charge in [-0.3, -0.25) is 9.59 Å². The maximum atomic E-state index is 13.0. The van der Waals surface area contributed by atoms with Gasteiger partial charge in [0.05, 0.1) is 11.5 Å². The molecule has 2 aliphatic carbocycles. The van der Waals surface area contributed by atoms with Crippen LogP contribution in [0.25, 0.3) is 0 Å². The molecular formula is C19H30O3Si. The van der Waals surface area contributed by atoms with Crippen molar-refractivity contribution in [2.75, 3.05) is 0 Å². The minimum absolute atomic E-state index is 0.0556. The summed E-state index contributed by atoms with van der Waals surface area (Å²) in [6.07, 6.45) is 5.26. The summed E-state index contributed by atoms with van der Waals surface area (Å²) in [7, 11) is -2.05. The molecule has 0 unspecified atom stereocenters. The smallest absolute Gasteiger partial charge is 0.192 e. The van der Waals surface area contributed by atoms with Crippen LogP contribution >= 0.6 is 0 Å². The molecule has 0 spiro atoms. The van der Waals surface area contributed by atoms with Crippen molar-refractivity contribution in [2.24, 2.45) is 17.3 Å². The molecule has 0 saturated heterocycles. The fourth-order valence-electron chi connectivity index (χ4n) is 3.58. The van der Waals surface area contributed by atoms with Gasteiger partial charge in [0.1, 0.15) is 0 Å². The third-order valence-corrected chi connectivity index (χ3v) is 10.5. The molecule has 0 aliphatic heterocycles. The molecule has 23 heavy (non-hydrogen) atoms. The second-order valence-corrected chi connectivity index (χ2v) is 13.6. The van der Waals surface area contributed by atoms with Crippen molar-refractivity contribution in [1.82, 2.24) is 0 Å². The molecule has 0 amide bonds. The molecule has 4 atom stereocenters. The molecule has 2 aliphatic rings. The molecule has 0 N–H and O–H groups in total. The van der Waals surface area contributed by atoms with Crippen LogP contribution < -0.4 is 0 Å². The van der Waals surface area contributed by atoms with E-state index in [9.17, 15) is 9.59 Å². The lowest BCUT2D eigenvalue weighted by molar-refractivity contribution is -0.144. The fourth-order valence-corrected chi connectivity index (χ4v) is 4.90. The Morgan fingerprint density at radius 2 is 1.74 bits per heavy atom. The molecule has 0 bridgehead atoms. The standard InChI is InChI=1S/C19H30O3Si/c1-12-9-10-15(22-23(7,8)18(3,4)5)19(6)16(12)14(20)11-13(2)17(19)21/h9-12,15-16H,1-8H3/t12-,15+,16+,19+/m0/s1. The van der Waals surface area contributed by atoms with Crippen LogP contribution in [-0.2, 0) is 14.0 Å². The molecule has 0 aromatic heterocycles. The van der Waals surface area contributed by atoms with Gasteiger partial charge in [0.25, 0.3) is 0 Å².